The van der Waals surface area contributed by atoms with E-state index in [9.17, 15) is 4.79 Å². The summed E-state index contributed by atoms with van der Waals surface area (Å²) in [5.41, 5.74) is 3.69. The van der Waals surface area contributed by atoms with Gasteiger partial charge in [0.25, 0.3) is 0 Å². The summed E-state index contributed by atoms with van der Waals surface area (Å²) in [5, 5.41) is 8.84. The Hall–Kier alpha value is -2.65. The van der Waals surface area contributed by atoms with Gasteiger partial charge in [0.15, 0.2) is 5.78 Å². The Morgan fingerprint density at radius 1 is 0.923 bits per heavy atom. The van der Waals surface area contributed by atoms with Crippen molar-refractivity contribution in [2.75, 3.05) is 13.2 Å². The highest BCUT2D eigenvalue weighted by Crippen LogP contribution is 2.16. The third-order valence-corrected chi connectivity index (χ3v) is 4.09. The van der Waals surface area contributed by atoms with Crippen LogP contribution in [0.5, 0.6) is 5.75 Å². The van der Waals surface area contributed by atoms with Gasteiger partial charge in [-0.2, -0.15) is 0 Å². The first-order valence-corrected chi connectivity index (χ1v) is 8.85. The number of ether oxygens (including phenoxy) is 1. The molecule has 0 unspecified atom stereocenters. The van der Waals surface area contributed by atoms with Crippen LogP contribution in [0.15, 0.2) is 77.9 Å². The van der Waals surface area contributed by atoms with E-state index in [1.807, 2.05) is 62.4 Å². The molecule has 0 aromatic heterocycles. The van der Waals surface area contributed by atoms with Gasteiger partial charge in [0.1, 0.15) is 12.4 Å². The van der Waals surface area contributed by atoms with E-state index in [0.29, 0.717) is 17.7 Å². The van der Waals surface area contributed by atoms with Crippen LogP contribution in [-0.2, 0) is 0 Å². The van der Waals surface area contributed by atoms with Crippen molar-refractivity contribution in [2.45, 2.75) is 26.7 Å². The average molecular weight is 350 g/mol. The molecule has 0 radical (unpaired) electrons. The van der Waals surface area contributed by atoms with Crippen molar-refractivity contribution < 1.29 is 14.6 Å². The monoisotopic (exact) mass is 350 g/mol. The number of aliphatic hydroxyl groups excluding tert-OH is 1. The molecule has 26 heavy (non-hydrogen) atoms. The number of benzene rings is 2. The van der Waals surface area contributed by atoms with E-state index >= 15 is 0 Å². The third kappa shape index (κ3) is 6.34. The van der Waals surface area contributed by atoms with E-state index < -0.39 is 0 Å². The zero-order valence-corrected chi connectivity index (χ0v) is 15.4. The van der Waals surface area contributed by atoms with Crippen LogP contribution in [0.4, 0.5) is 0 Å². The van der Waals surface area contributed by atoms with Gasteiger partial charge < -0.3 is 9.84 Å². The molecule has 0 atom stereocenters. The van der Waals surface area contributed by atoms with Crippen LogP contribution in [0.3, 0.4) is 0 Å². The Morgan fingerprint density at radius 3 is 2.23 bits per heavy atom. The normalized spacial score (nSPS) is 12.1. The Morgan fingerprint density at radius 2 is 1.58 bits per heavy atom. The third-order valence-electron chi connectivity index (χ3n) is 4.09. The fraction of sp³-hybridized carbons (Fsp3) is 0.261. The van der Waals surface area contributed by atoms with Crippen molar-refractivity contribution >= 4 is 5.78 Å². The zero-order chi connectivity index (χ0) is 18.8. The van der Waals surface area contributed by atoms with Crippen LogP contribution in [-0.4, -0.2) is 24.1 Å². The molecule has 2 rings (SSSR count). The predicted molar refractivity (Wildman–Crippen MR) is 106 cm³/mol. The lowest BCUT2D eigenvalue weighted by molar-refractivity contribution is 0.103. The second-order valence-corrected chi connectivity index (χ2v) is 6.33. The van der Waals surface area contributed by atoms with E-state index in [-0.39, 0.29) is 12.4 Å². The second kappa shape index (κ2) is 10.4. The van der Waals surface area contributed by atoms with Gasteiger partial charge in [-0.1, -0.05) is 48.1 Å². The van der Waals surface area contributed by atoms with Crippen LogP contribution in [0.1, 0.15) is 42.6 Å². The number of aliphatic hydroxyl groups is 1. The number of allylic oxidation sites excluding steroid dienone is 2. The van der Waals surface area contributed by atoms with Crippen molar-refractivity contribution in [1.82, 2.24) is 0 Å². The van der Waals surface area contributed by atoms with Crippen molar-refractivity contribution in [2.24, 2.45) is 0 Å². The molecule has 0 amide bonds. The van der Waals surface area contributed by atoms with Gasteiger partial charge in [-0.05, 0) is 56.5 Å². The Bertz CT molecular complexity index is 756. The minimum absolute atomic E-state index is 0.0135. The van der Waals surface area contributed by atoms with E-state index in [1.54, 1.807) is 12.1 Å². The summed E-state index contributed by atoms with van der Waals surface area (Å²) in [5.74, 6) is 0.762. The van der Waals surface area contributed by atoms with Crippen LogP contribution in [0.25, 0.3) is 0 Å². The summed E-state index contributed by atoms with van der Waals surface area (Å²) >= 11 is 0. The lowest BCUT2D eigenvalue weighted by Crippen LogP contribution is -2.02. The first kappa shape index (κ1) is 19.7. The molecule has 0 heterocycles. The largest absolute Gasteiger partial charge is 0.489 e. The highest BCUT2D eigenvalue weighted by atomic mass is 16.5. The van der Waals surface area contributed by atoms with Crippen molar-refractivity contribution in [3.63, 3.8) is 0 Å². The summed E-state index contributed by atoms with van der Waals surface area (Å²) in [6, 6.07) is 16.5. The minimum atomic E-state index is 0.0135. The summed E-state index contributed by atoms with van der Waals surface area (Å²) in [7, 11) is 0. The second-order valence-electron chi connectivity index (χ2n) is 6.33. The predicted octanol–water partition coefficient (Wildman–Crippen LogP) is 4.96. The molecule has 2 aromatic rings. The van der Waals surface area contributed by atoms with Crippen LogP contribution >= 0.6 is 0 Å². The molecule has 3 nitrogen and oxygen atoms in total. The van der Waals surface area contributed by atoms with Crippen molar-refractivity contribution in [3.8, 4) is 5.75 Å². The Kier molecular flexibility index (Phi) is 7.84. The van der Waals surface area contributed by atoms with Crippen LogP contribution < -0.4 is 4.74 Å². The zero-order valence-electron chi connectivity index (χ0n) is 15.4. The molecule has 0 spiro atoms. The van der Waals surface area contributed by atoms with Crippen molar-refractivity contribution in [3.05, 3.63) is 89.0 Å². The standard InChI is InChI=1S/C23H26O3/c1-18(15-16-24)7-6-8-19(2)17-26-22-13-11-21(12-14-22)23(25)20-9-4-3-5-10-20/h3-5,8-15,24H,6-7,16-17H2,1-2H3/b18-15+,19-8+. The molecule has 0 fully saturated rings. The van der Waals surface area contributed by atoms with Crippen LogP contribution in [0, 0.1) is 0 Å². The summed E-state index contributed by atoms with van der Waals surface area (Å²) < 4.78 is 5.78. The van der Waals surface area contributed by atoms with E-state index in [2.05, 4.69) is 6.08 Å². The molecule has 2 aromatic carbocycles. The van der Waals surface area contributed by atoms with E-state index in [0.717, 1.165) is 24.2 Å². The van der Waals surface area contributed by atoms with Crippen molar-refractivity contribution in [1.29, 1.82) is 0 Å². The first-order valence-electron chi connectivity index (χ1n) is 8.85. The topological polar surface area (TPSA) is 46.5 Å². The molecule has 1 N–H and O–H groups in total. The number of hydrogen-bond acceptors (Lipinski definition) is 3. The molecule has 0 aliphatic rings. The van der Waals surface area contributed by atoms with Crippen LogP contribution in [0.2, 0.25) is 0 Å². The highest BCUT2D eigenvalue weighted by molar-refractivity contribution is 6.08. The minimum Gasteiger partial charge on any atom is -0.489 e. The lowest BCUT2D eigenvalue weighted by Gasteiger charge is -2.08. The number of hydrogen-bond donors (Lipinski definition) is 1. The molecule has 0 saturated heterocycles. The van der Waals surface area contributed by atoms with E-state index in [4.69, 9.17) is 9.84 Å². The van der Waals surface area contributed by atoms with Gasteiger partial charge in [0, 0.05) is 11.1 Å². The lowest BCUT2D eigenvalue weighted by atomic mass is 10.0. The average Bonchev–Trinajstić information content (AvgIpc) is 2.67. The quantitative estimate of drug-likeness (QED) is 0.513. The van der Waals surface area contributed by atoms with Gasteiger partial charge in [-0.3, -0.25) is 4.79 Å². The Labute approximate surface area is 155 Å². The van der Waals surface area contributed by atoms with Gasteiger partial charge >= 0.3 is 0 Å². The summed E-state index contributed by atoms with van der Waals surface area (Å²) in [6.07, 6.45) is 5.86. The molecular weight excluding hydrogens is 324 g/mol. The van der Waals surface area contributed by atoms with Gasteiger partial charge in [-0.15, -0.1) is 0 Å². The maximum atomic E-state index is 12.4. The van der Waals surface area contributed by atoms with E-state index in [1.165, 1.54) is 5.57 Å². The fourth-order valence-electron chi connectivity index (χ4n) is 2.52. The molecule has 0 aliphatic carbocycles. The molecule has 0 bridgehead atoms. The smallest absolute Gasteiger partial charge is 0.193 e. The Balaban J connectivity index is 1.85. The van der Waals surface area contributed by atoms with Gasteiger partial charge in [0.05, 0.1) is 6.61 Å². The fourth-order valence-corrected chi connectivity index (χ4v) is 2.52. The first-order chi connectivity index (χ1) is 12.6. The SMILES string of the molecule is C/C(=C\CO)CC/C=C(\C)COc1ccc(C(=O)c2ccccc2)cc1. The number of carbonyl (C=O) groups is 1. The molecular formula is C23H26O3. The molecule has 0 saturated carbocycles. The van der Waals surface area contributed by atoms with Gasteiger partial charge in [0.2, 0.25) is 0 Å². The number of ketones is 1. The highest BCUT2D eigenvalue weighted by Gasteiger charge is 2.08. The summed E-state index contributed by atoms with van der Waals surface area (Å²) in [6.45, 7) is 4.68. The molecule has 3 heteroatoms. The maximum Gasteiger partial charge on any atom is 0.193 e. The number of carbonyl (C=O) groups excluding carboxylic acids is 1. The summed E-state index contributed by atoms with van der Waals surface area (Å²) in [4.78, 5) is 12.4. The molecule has 0 aliphatic heterocycles. The van der Waals surface area contributed by atoms with Gasteiger partial charge in [-0.25, -0.2) is 0 Å². The maximum absolute atomic E-state index is 12.4. The number of rotatable bonds is 9. The molecule has 136 valence electrons.